The number of fused-ring (bicyclic) bond motifs is 1. The Hall–Kier alpha value is -3.21. The minimum atomic E-state index is -3.91. The third kappa shape index (κ3) is 5.39. The van der Waals surface area contributed by atoms with Gasteiger partial charge in [-0.25, -0.2) is 8.42 Å². The van der Waals surface area contributed by atoms with Gasteiger partial charge in [-0.3, -0.25) is 13.9 Å². The lowest BCUT2D eigenvalue weighted by Crippen LogP contribution is -3.14. The average molecular weight is 500 g/mol. The zero-order valence-electron chi connectivity index (χ0n) is 20.0. The van der Waals surface area contributed by atoms with Gasteiger partial charge in [-0.1, -0.05) is 19.1 Å². The second-order valence-electron chi connectivity index (χ2n) is 8.60. The molecule has 0 spiro atoms. The van der Waals surface area contributed by atoms with Crippen LogP contribution in [0.2, 0.25) is 0 Å². The Morgan fingerprint density at radius 2 is 1.86 bits per heavy atom. The fourth-order valence-corrected chi connectivity index (χ4v) is 5.35. The van der Waals surface area contributed by atoms with Crippen LogP contribution in [0.3, 0.4) is 0 Å². The van der Waals surface area contributed by atoms with Crippen LogP contribution in [-0.2, 0) is 21.2 Å². The summed E-state index contributed by atoms with van der Waals surface area (Å²) < 4.78 is 33.1. The fraction of sp³-hybridized carbons (Fsp3) is 0.360. The molecule has 4 rings (SSSR count). The predicted molar refractivity (Wildman–Crippen MR) is 135 cm³/mol. The number of carbonyl (C=O) groups is 1. The third-order valence-electron chi connectivity index (χ3n) is 6.43. The van der Waals surface area contributed by atoms with Crippen LogP contribution >= 0.6 is 0 Å². The molecule has 3 aromatic rings. The zero-order chi connectivity index (χ0) is 25.0. The van der Waals surface area contributed by atoms with Gasteiger partial charge in [0.15, 0.2) is 0 Å². The van der Waals surface area contributed by atoms with Gasteiger partial charge in [-0.2, -0.15) is 0 Å². The monoisotopic (exact) mass is 499 g/mol. The quantitative estimate of drug-likeness (QED) is 0.419. The molecule has 0 radical (unpaired) electrons. The second kappa shape index (κ2) is 10.6. The largest absolute Gasteiger partial charge is 0.370 e. The number of H-pyrrole nitrogens is 1. The van der Waals surface area contributed by atoms with Gasteiger partial charge in [0.05, 0.1) is 36.9 Å². The van der Waals surface area contributed by atoms with Gasteiger partial charge >= 0.3 is 0 Å². The fourth-order valence-electron chi connectivity index (χ4n) is 4.12. The Bertz CT molecular complexity index is 1360. The molecule has 1 saturated heterocycles. The first kappa shape index (κ1) is 24.9. The highest BCUT2D eigenvalue weighted by Crippen LogP contribution is 2.24. The predicted octanol–water partition coefficient (Wildman–Crippen LogP) is 0.561. The molecule has 0 unspecified atom stereocenters. The number of aromatic nitrogens is 1. The van der Waals surface area contributed by atoms with Crippen molar-refractivity contribution in [2.75, 3.05) is 50.7 Å². The first-order valence-corrected chi connectivity index (χ1v) is 13.2. The molecule has 0 atom stereocenters. The van der Waals surface area contributed by atoms with E-state index in [4.69, 9.17) is 4.74 Å². The lowest BCUT2D eigenvalue weighted by atomic mass is 10.1. The number of hydrogen-bond acceptors (Lipinski definition) is 5. The summed E-state index contributed by atoms with van der Waals surface area (Å²) in [4.78, 5) is 30.1. The molecule has 2 heterocycles. The number of sulfonamides is 1. The standard InChI is InChI=1S/C25H30N4O5S/c1-3-18-4-6-19(7-5-18)28(2)35(32,33)20-8-9-23-21(16-20)24(30)22(17-27-23)25(31)26-10-11-29-12-14-34-15-13-29/h4-9,16-17H,3,10-15H2,1-2H3,(H,26,31)(H,27,30)/p+1. The summed E-state index contributed by atoms with van der Waals surface area (Å²) in [6.45, 7) is 6.40. The molecule has 35 heavy (non-hydrogen) atoms. The maximum absolute atomic E-state index is 13.3. The van der Waals surface area contributed by atoms with E-state index < -0.39 is 21.4 Å². The molecule has 3 N–H and O–H groups in total. The van der Waals surface area contributed by atoms with Gasteiger partial charge in [0.1, 0.15) is 18.7 Å². The molecule has 1 aliphatic heterocycles. The van der Waals surface area contributed by atoms with Gasteiger partial charge in [0.25, 0.3) is 15.9 Å². The van der Waals surface area contributed by atoms with Crippen molar-refractivity contribution in [3.63, 3.8) is 0 Å². The van der Waals surface area contributed by atoms with E-state index in [1.165, 1.54) is 34.6 Å². The van der Waals surface area contributed by atoms with Crippen LogP contribution in [0.5, 0.6) is 0 Å². The minimum absolute atomic E-state index is 0.0222. The number of pyridine rings is 1. The number of nitrogens with zero attached hydrogens (tertiary/aromatic N) is 1. The van der Waals surface area contributed by atoms with Crippen molar-refractivity contribution in [2.45, 2.75) is 18.2 Å². The van der Waals surface area contributed by atoms with Crippen LogP contribution in [0, 0.1) is 0 Å². The van der Waals surface area contributed by atoms with Crippen molar-refractivity contribution in [2.24, 2.45) is 0 Å². The zero-order valence-corrected chi connectivity index (χ0v) is 20.8. The summed E-state index contributed by atoms with van der Waals surface area (Å²) in [5, 5.41) is 2.94. The molecule has 10 heteroatoms. The summed E-state index contributed by atoms with van der Waals surface area (Å²) in [7, 11) is -2.44. The number of morpholine rings is 1. The summed E-state index contributed by atoms with van der Waals surface area (Å²) in [5.41, 5.74) is 1.52. The van der Waals surface area contributed by atoms with Crippen LogP contribution < -0.4 is 20.0 Å². The Kier molecular flexibility index (Phi) is 7.54. The first-order valence-electron chi connectivity index (χ1n) is 11.7. The van der Waals surface area contributed by atoms with Crippen LogP contribution in [0.4, 0.5) is 5.69 Å². The van der Waals surface area contributed by atoms with Crippen molar-refractivity contribution >= 4 is 32.5 Å². The lowest BCUT2D eigenvalue weighted by molar-refractivity contribution is -0.906. The smallest absolute Gasteiger partial charge is 0.264 e. The van der Waals surface area contributed by atoms with Crippen molar-refractivity contribution in [1.82, 2.24) is 10.3 Å². The number of amides is 1. The number of quaternary nitrogens is 1. The number of rotatable bonds is 8. The maximum Gasteiger partial charge on any atom is 0.264 e. The van der Waals surface area contributed by atoms with E-state index in [1.807, 2.05) is 19.1 Å². The van der Waals surface area contributed by atoms with E-state index in [-0.39, 0.29) is 15.8 Å². The molecule has 1 aromatic heterocycles. The average Bonchev–Trinajstić information content (AvgIpc) is 2.89. The Labute approximate surface area is 204 Å². The Morgan fingerprint density at radius 3 is 2.54 bits per heavy atom. The number of benzene rings is 2. The topological polar surface area (TPSA) is 113 Å². The Balaban J connectivity index is 1.56. The minimum Gasteiger partial charge on any atom is -0.370 e. The molecule has 9 nitrogen and oxygen atoms in total. The number of nitrogens with one attached hydrogen (secondary N) is 3. The summed E-state index contributed by atoms with van der Waals surface area (Å²) in [6.07, 6.45) is 2.23. The van der Waals surface area contributed by atoms with E-state index in [0.29, 0.717) is 31.0 Å². The number of carbonyl (C=O) groups excluding carboxylic acids is 1. The molecule has 2 aromatic carbocycles. The highest BCUT2D eigenvalue weighted by Gasteiger charge is 2.23. The van der Waals surface area contributed by atoms with Crippen LogP contribution in [0.1, 0.15) is 22.8 Å². The van der Waals surface area contributed by atoms with Gasteiger partial charge in [-0.05, 0) is 42.3 Å². The number of aromatic amines is 1. The summed E-state index contributed by atoms with van der Waals surface area (Å²) in [5.74, 6) is -0.484. The van der Waals surface area contributed by atoms with Gasteiger partial charge in [-0.15, -0.1) is 0 Å². The van der Waals surface area contributed by atoms with Crippen LogP contribution in [-0.4, -0.2) is 65.7 Å². The van der Waals surface area contributed by atoms with Gasteiger partial charge in [0.2, 0.25) is 5.43 Å². The molecular formula is C25H31N4O5S+. The third-order valence-corrected chi connectivity index (χ3v) is 8.21. The highest BCUT2D eigenvalue weighted by molar-refractivity contribution is 7.92. The van der Waals surface area contributed by atoms with Crippen LogP contribution in [0.15, 0.2) is 58.4 Å². The Morgan fingerprint density at radius 1 is 1.14 bits per heavy atom. The van der Waals surface area contributed by atoms with E-state index in [1.54, 1.807) is 18.2 Å². The van der Waals surface area contributed by atoms with Crippen molar-refractivity contribution in [1.29, 1.82) is 0 Å². The highest BCUT2D eigenvalue weighted by atomic mass is 32.2. The summed E-state index contributed by atoms with van der Waals surface area (Å²) in [6, 6.07) is 11.6. The van der Waals surface area contributed by atoms with E-state index in [2.05, 4.69) is 10.3 Å². The molecule has 1 fully saturated rings. The molecule has 186 valence electrons. The van der Waals surface area contributed by atoms with E-state index in [9.17, 15) is 18.0 Å². The SMILES string of the molecule is CCc1ccc(N(C)S(=O)(=O)c2ccc3[nH]cc(C(=O)NCC[NH+]4CCOCC4)c(=O)c3c2)cc1. The van der Waals surface area contributed by atoms with Crippen molar-refractivity contribution < 1.29 is 22.8 Å². The van der Waals surface area contributed by atoms with E-state index >= 15 is 0 Å². The molecule has 1 amide bonds. The van der Waals surface area contributed by atoms with Gasteiger partial charge in [0, 0.05) is 24.1 Å². The molecular weight excluding hydrogens is 468 g/mol. The second-order valence-corrected chi connectivity index (χ2v) is 10.6. The molecule has 0 bridgehead atoms. The normalized spacial score (nSPS) is 14.7. The number of aryl methyl sites for hydroxylation is 1. The molecule has 1 aliphatic rings. The maximum atomic E-state index is 13.3. The van der Waals surface area contributed by atoms with Gasteiger partial charge < -0.3 is 19.9 Å². The van der Waals surface area contributed by atoms with Crippen molar-refractivity contribution in [3.8, 4) is 0 Å². The van der Waals surface area contributed by atoms with E-state index in [0.717, 1.165) is 31.6 Å². The molecule has 0 saturated carbocycles. The lowest BCUT2D eigenvalue weighted by Gasteiger charge is -2.23. The van der Waals surface area contributed by atoms with Crippen molar-refractivity contribution in [3.05, 3.63) is 70.0 Å². The number of anilines is 1. The number of ether oxygens (including phenoxy) is 1. The molecule has 0 aliphatic carbocycles. The first-order chi connectivity index (χ1) is 16.8. The number of hydrogen-bond donors (Lipinski definition) is 3. The summed E-state index contributed by atoms with van der Waals surface area (Å²) >= 11 is 0. The van der Waals surface area contributed by atoms with Crippen LogP contribution in [0.25, 0.3) is 10.9 Å².